The van der Waals surface area contributed by atoms with Crippen LogP contribution < -0.4 is 10.2 Å². The van der Waals surface area contributed by atoms with E-state index < -0.39 is 5.41 Å². The highest BCUT2D eigenvalue weighted by Gasteiger charge is 2.41. The van der Waals surface area contributed by atoms with Crippen molar-refractivity contribution in [3.8, 4) is 17.9 Å². The molecule has 3 aromatic rings. The molecule has 184 valence electrons. The number of carbonyl (C=O) groups is 1. The SMILES string of the molecule is CC#Cc1cc2c(cc1N1CCNCC1CCCCCl)C(C)(C)c1[nH]c3cc(C#N)ccc3c1C2=O. The van der Waals surface area contributed by atoms with E-state index in [2.05, 4.69) is 53.0 Å². The number of hydrogen-bond acceptors (Lipinski definition) is 4. The first-order chi connectivity index (χ1) is 17.4. The normalized spacial score (nSPS) is 18.2. The molecule has 0 spiro atoms. The van der Waals surface area contributed by atoms with Crippen molar-refractivity contribution in [3.05, 3.63) is 63.8 Å². The van der Waals surface area contributed by atoms with Gasteiger partial charge in [0.1, 0.15) is 0 Å². The number of benzene rings is 2. The van der Waals surface area contributed by atoms with Gasteiger partial charge < -0.3 is 15.2 Å². The number of halogens is 1. The fraction of sp³-hybridized carbons (Fsp3) is 0.400. The predicted molar refractivity (Wildman–Crippen MR) is 146 cm³/mol. The van der Waals surface area contributed by atoms with Gasteiger partial charge in [-0.05, 0) is 49.6 Å². The zero-order valence-electron chi connectivity index (χ0n) is 21.1. The fourth-order valence-electron chi connectivity index (χ4n) is 5.82. The zero-order valence-corrected chi connectivity index (χ0v) is 21.9. The van der Waals surface area contributed by atoms with Crippen molar-refractivity contribution in [1.82, 2.24) is 10.3 Å². The minimum Gasteiger partial charge on any atom is -0.365 e. The average Bonchev–Trinajstić information content (AvgIpc) is 3.28. The number of aromatic nitrogens is 1. The van der Waals surface area contributed by atoms with Crippen molar-refractivity contribution in [1.29, 1.82) is 5.26 Å². The second kappa shape index (κ2) is 9.66. The minimum atomic E-state index is -0.417. The summed E-state index contributed by atoms with van der Waals surface area (Å²) in [5.41, 5.74) is 6.33. The first-order valence-electron chi connectivity index (χ1n) is 12.7. The average molecular weight is 499 g/mol. The smallest absolute Gasteiger partial charge is 0.195 e. The number of alkyl halides is 1. The van der Waals surface area contributed by atoms with Crippen LogP contribution in [0.15, 0.2) is 30.3 Å². The summed E-state index contributed by atoms with van der Waals surface area (Å²) in [4.78, 5) is 19.9. The van der Waals surface area contributed by atoms with E-state index in [9.17, 15) is 10.1 Å². The standard InChI is InChI=1S/C30H31ClN4O/c1-4-7-20-15-23-24(16-26(20)35-13-12-33-18-21(35)8-5-6-11-31)30(2,3)29-27(28(23)36)22-10-9-19(17-32)14-25(22)34-29/h9-10,14-16,21,33-34H,5-6,8,11-13,18H2,1-3H3. The van der Waals surface area contributed by atoms with Gasteiger partial charge in [0.25, 0.3) is 0 Å². The lowest BCUT2D eigenvalue weighted by molar-refractivity contribution is 0.103. The van der Waals surface area contributed by atoms with Gasteiger partial charge in [0.2, 0.25) is 0 Å². The third kappa shape index (κ3) is 3.97. The van der Waals surface area contributed by atoms with Gasteiger partial charge in [-0.25, -0.2) is 0 Å². The number of rotatable bonds is 5. The number of piperazine rings is 1. The van der Waals surface area contributed by atoms with Gasteiger partial charge in [0, 0.05) is 64.7 Å². The molecule has 0 bridgehead atoms. The van der Waals surface area contributed by atoms with Crippen LogP contribution >= 0.6 is 11.6 Å². The number of anilines is 1. The number of nitrogens with zero attached hydrogens (tertiary/aromatic N) is 2. The summed E-state index contributed by atoms with van der Waals surface area (Å²) in [5.74, 6) is 7.07. The van der Waals surface area contributed by atoms with Crippen molar-refractivity contribution in [3.63, 3.8) is 0 Å². The number of ketones is 1. The number of carbonyl (C=O) groups excluding carboxylic acids is 1. The number of aromatic amines is 1. The molecular weight excluding hydrogens is 468 g/mol. The van der Waals surface area contributed by atoms with E-state index in [-0.39, 0.29) is 5.78 Å². The summed E-state index contributed by atoms with van der Waals surface area (Å²) in [5, 5.41) is 13.8. The molecule has 1 unspecified atom stereocenters. The predicted octanol–water partition coefficient (Wildman–Crippen LogP) is 5.47. The Morgan fingerprint density at radius 1 is 1.22 bits per heavy atom. The number of hydrogen-bond donors (Lipinski definition) is 2. The monoisotopic (exact) mass is 498 g/mol. The largest absolute Gasteiger partial charge is 0.365 e. The van der Waals surface area contributed by atoms with Crippen LogP contribution in [-0.4, -0.2) is 42.3 Å². The van der Waals surface area contributed by atoms with Crippen LogP contribution in [0.2, 0.25) is 0 Å². The third-order valence-corrected chi connectivity index (χ3v) is 7.94. The zero-order chi connectivity index (χ0) is 25.4. The Hall–Kier alpha value is -3.25. The molecule has 1 saturated heterocycles. The van der Waals surface area contributed by atoms with Crippen LogP contribution in [0.25, 0.3) is 10.9 Å². The Kier molecular flexibility index (Phi) is 6.56. The Labute approximate surface area is 217 Å². The summed E-state index contributed by atoms with van der Waals surface area (Å²) in [6, 6.07) is 12.3. The molecule has 1 aliphatic heterocycles. The van der Waals surface area contributed by atoms with Crippen LogP contribution in [0.3, 0.4) is 0 Å². The maximum atomic E-state index is 13.9. The van der Waals surface area contributed by atoms with E-state index in [1.54, 1.807) is 6.07 Å². The minimum absolute atomic E-state index is 0.0139. The maximum absolute atomic E-state index is 13.9. The third-order valence-electron chi connectivity index (χ3n) is 7.67. The molecule has 0 radical (unpaired) electrons. The highest BCUT2D eigenvalue weighted by molar-refractivity contribution is 6.20. The van der Waals surface area contributed by atoms with Gasteiger partial charge in [-0.15, -0.1) is 17.5 Å². The van der Waals surface area contributed by atoms with E-state index in [1.807, 2.05) is 25.1 Å². The first-order valence-corrected chi connectivity index (χ1v) is 13.2. The van der Waals surface area contributed by atoms with Gasteiger partial charge in [-0.1, -0.05) is 32.3 Å². The van der Waals surface area contributed by atoms with E-state index in [1.165, 1.54) is 0 Å². The summed E-state index contributed by atoms with van der Waals surface area (Å²) >= 11 is 5.95. The van der Waals surface area contributed by atoms with Crippen molar-refractivity contribution < 1.29 is 4.79 Å². The molecule has 36 heavy (non-hydrogen) atoms. The van der Waals surface area contributed by atoms with Crippen LogP contribution in [-0.2, 0) is 5.41 Å². The van der Waals surface area contributed by atoms with E-state index >= 15 is 0 Å². The van der Waals surface area contributed by atoms with Gasteiger partial charge in [0.15, 0.2) is 5.78 Å². The summed E-state index contributed by atoms with van der Waals surface area (Å²) in [7, 11) is 0. The second-order valence-electron chi connectivity index (χ2n) is 10.2. The first kappa shape index (κ1) is 24.4. The molecule has 2 aliphatic rings. The Bertz CT molecular complexity index is 1450. The number of nitriles is 1. The number of H-pyrrole nitrogens is 1. The Balaban J connectivity index is 1.66. The highest BCUT2D eigenvalue weighted by Crippen LogP contribution is 2.46. The molecule has 0 saturated carbocycles. The van der Waals surface area contributed by atoms with Crippen LogP contribution in [0.4, 0.5) is 5.69 Å². The van der Waals surface area contributed by atoms with Crippen LogP contribution in [0.1, 0.15) is 78.3 Å². The molecule has 0 amide bonds. The fourth-order valence-corrected chi connectivity index (χ4v) is 6.01. The summed E-state index contributed by atoms with van der Waals surface area (Å²) in [6.07, 6.45) is 3.15. The topological polar surface area (TPSA) is 71.9 Å². The molecule has 1 atom stereocenters. The van der Waals surface area contributed by atoms with Crippen molar-refractivity contribution in [2.24, 2.45) is 0 Å². The summed E-state index contributed by atoms with van der Waals surface area (Å²) in [6.45, 7) is 8.91. The van der Waals surface area contributed by atoms with Crippen molar-refractivity contribution in [2.75, 3.05) is 30.4 Å². The number of unbranched alkanes of at least 4 members (excludes halogenated alkanes) is 1. The molecule has 2 aromatic carbocycles. The van der Waals surface area contributed by atoms with E-state index in [0.29, 0.717) is 28.6 Å². The second-order valence-corrected chi connectivity index (χ2v) is 10.6. The summed E-state index contributed by atoms with van der Waals surface area (Å²) < 4.78 is 0. The lowest BCUT2D eigenvalue weighted by Crippen LogP contribution is -2.51. The molecule has 2 N–H and O–H groups in total. The van der Waals surface area contributed by atoms with Gasteiger partial charge >= 0.3 is 0 Å². The van der Waals surface area contributed by atoms with Gasteiger partial charge in [-0.3, -0.25) is 4.79 Å². The van der Waals surface area contributed by atoms with E-state index in [4.69, 9.17) is 11.6 Å². The van der Waals surface area contributed by atoms with Crippen molar-refractivity contribution >= 4 is 34.0 Å². The van der Waals surface area contributed by atoms with Gasteiger partial charge in [0.05, 0.1) is 22.9 Å². The van der Waals surface area contributed by atoms with E-state index in [0.717, 1.165) is 72.3 Å². The van der Waals surface area contributed by atoms with Gasteiger partial charge in [-0.2, -0.15) is 5.26 Å². The number of nitrogens with one attached hydrogen (secondary N) is 2. The molecule has 1 aromatic heterocycles. The molecule has 5 rings (SSSR count). The number of fused-ring (bicyclic) bond motifs is 4. The molecule has 5 nitrogen and oxygen atoms in total. The molecule has 1 aliphatic carbocycles. The quantitative estimate of drug-likeness (QED) is 0.278. The van der Waals surface area contributed by atoms with Crippen LogP contribution in [0.5, 0.6) is 0 Å². The molecule has 2 heterocycles. The lowest BCUT2D eigenvalue weighted by Gasteiger charge is -2.40. The maximum Gasteiger partial charge on any atom is 0.195 e. The molecular formula is C30H31ClN4O. The van der Waals surface area contributed by atoms with Crippen LogP contribution in [0, 0.1) is 23.2 Å². The van der Waals surface area contributed by atoms with Crippen molar-refractivity contribution in [2.45, 2.75) is 51.5 Å². The molecule has 6 heteroatoms. The highest BCUT2D eigenvalue weighted by atomic mass is 35.5. The lowest BCUT2D eigenvalue weighted by atomic mass is 9.70. The Morgan fingerprint density at radius 2 is 2.06 bits per heavy atom. The Morgan fingerprint density at radius 3 is 2.81 bits per heavy atom. The molecule has 1 fully saturated rings.